The van der Waals surface area contributed by atoms with E-state index in [2.05, 4.69) is 41.2 Å². The smallest absolute Gasteiger partial charge is 0.326 e. The monoisotopic (exact) mass is 484 g/mol. The first-order chi connectivity index (χ1) is 14.1. The van der Waals surface area contributed by atoms with E-state index in [4.69, 9.17) is 10.8 Å². The normalized spacial score (nSPS) is 14.7. The van der Waals surface area contributed by atoms with Gasteiger partial charge in [-0.05, 0) is 24.9 Å². The number of rotatable bonds is 15. The van der Waals surface area contributed by atoms with Crippen molar-refractivity contribution in [3.8, 4) is 0 Å². The Kier molecular flexibility index (Phi) is 14.4. The zero-order valence-corrected chi connectivity index (χ0v) is 19.0. The lowest BCUT2D eigenvalue weighted by atomic mass is 10.1. The van der Waals surface area contributed by atoms with Crippen LogP contribution in [0.4, 0.5) is 0 Å². The molecule has 0 radical (unpaired) electrons. The van der Waals surface area contributed by atoms with Gasteiger partial charge in [0, 0.05) is 17.9 Å². The molecule has 11 nitrogen and oxygen atoms in total. The Bertz CT molecular complexity index is 624. The number of aliphatic carboxylic acids is 2. The van der Waals surface area contributed by atoms with Crippen LogP contribution < -0.4 is 21.7 Å². The van der Waals surface area contributed by atoms with E-state index >= 15 is 0 Å². The lowest BCUT2D eigenvalue weighted by molar-refractivity contribution is -0.142. The molecule has 0 aliphatic heterocycles. The average molecular weight is 485 g/mol. The van der Waals surface area contributed by atoms with Crippen LogP contribution in [0, 0.1) is 0 Å². The van der Waals surface area contributed by atoms with Crippen LogP contribution in [0.15, 0.2) is 0 Å². The third-order valence-electron chi connectivity index (χ3n) is 3.85. The van der Waals surface area contributed by atoms with Gasteiger partial charge < -0.3 is 31.9 Å². The SMILES string of the molecule is CSCCC(NC(=O)C(CS)NC(=O)C(CCC(=O)O)NC(=O)C(N)CS)C(=O)O. The van der Waals surface area contributed by atoms with E-state index in [1.54, 1.807) is 6.26 Å². The van der Waals surface area contributed by atoms with E-state index < -0.39 is 60.2 Å². The molecule has 4 unspecified atom stereocenters. The van der Waals surface area contributed by atoms with Crippen molar-refractivity contribution in [2.24, 2.45) is 5.73 Å². The second-order valence-electron chi connectivity index (χ2n) is 6.21. The highest BCUT2D eigenvalue weighted by atomic mass is 32.2. The average Bonchev–Trinajstić information content (AvgIpc) is 2.70. The maximum atomic E-state index is 12.6. The molecule has 0 bridgehead atoms. The van der Waals surface area contributed by atoms with E-state index in [1.807, 2.05) is 0 Å². The van der Waals surface area contributed by atoms with Crippen molar-refractivity contribution in [3.05, 3.63) is 0 Å². The zero-order chi connectivity index (χ0) is 23.3. The van der Waals surface area contributed by atoms with Crippen molar-refractivity contribution in [3.63, 3.8) is 0 Å². The minimum absolute atomic E-state index is 0.00734. The van der Waals surface area contributed by atoms with Crippen LogP contribution in [-0.2, 0) is 24.0 Å². The van der Waals surface area contributed by atoms with E-state index in [0.29, 0.717) is 5.75 Å². The summed E-state index contributed by atoms with van der Waals surface area (Å²) in [7, 11) is 0. The second-order valence-corrected chi connectivity index (χ2v) is 7.92. The van der Waals surface area contributed by atoms with Crippen LogP contribution >= 0.6 is 37.0 Å². The summed E-state index contributed by atoms with van der Waals surface area (Å²) in [6.07, 6.45) is 1.33. The Morgan fingerprint density at radius 3 is 1.87 bits per heavy atom. The van der Waals surface area contributed by atoms with E-state index in [1.165, 1.54) is 11.8 Å². The highest BCUT2D eigenvalue weighted by Gasteiger charge is 2.29. The van der Waals surface area contributed by atoms with Crippen molar-refractivity contribution >= 4 is 66.7 Å². The molecule has 3 amide bonds. The fourth-order valence-electron chi connectivity index (χ4n) is 2.13. The van der Waals surface area contributed by atoms with Gasteiger partial charge in [-0.3, -0.25) is 19.2 Å². The molecule has 0 rings (SSSR count). The number of amides is 3. The Labute approximate surface area is 189 Å². The molecule has 0 aromatic carbocycles. The largest absolute Gasteiger partial charge is 0.481 e. The number of hydrogen-bond donors (Lipinski definition) is 8. The molecule has 14 heteroatoms. The van der Waals surface area contributed by atoms with Crippen LogP contribution in [0.5, 0.6) is 0 Å². The van der Waals surface area contributed by atoms with Crippen LogP contribution in [-0.4, -0.2) is 87.6 Å². The number of nitrogens with one attached hydrogen (secondary N) is 3. The standard InChI is InChI=1S/C16H28N4O7S3/c1-30-5-4-10(16(26)27)19-15(25)11(7-29)20-14(24)9(2-3-12(21)22)18-13(23)8(17)6-28/h8-11,28-29H,2-7,17H2,1H3,(H,18,23)(H,19,25)(H,20,24)(H,21,22)(H,26,27). The third kappa shape index (κ3) is 10.9. The van der Waals surface area contributed by atoms with Crippen molar-refractivity contribution in [2.75, 3.05) is 23.5 Å². The number of thiol groups is 2. The maximum absolute atomic E-state index is 12.6. The molecular weight excluding hydrogens is 456 g/mol. The molecule has 0 saturated heterocycles. The lowest BCUT2D eigenvalue weighted by Crippen LogP contribution is -2.57. The fraction of sp³-hybridized carbons (Fsp3) is 0.688. The number of thioether (sulfide) groups is 1. The summed E-state index contributed by atoms with van der Waals surface area (Å²) < 4.78 is 0. The van der Waals surface area contributed by atoms with Crippen molar-refractivity contribution < 1.29 is 34.2 Å². The van der Waals surface area contributed by atoms with Gasteiger partial charge in [-0.25, -0.2) is 4.79 Å². The Hall–Kier alpha value is -1.64. The van der Waals surface area contributed by atoms with Crippen LogP contribution in [0.1, 0.15) is 19.3 Å². The molecule has 0 spiro atoms. The van der Waals surface area contributed by atoms with Crippen LogP contribution in [0.25, 0.3) is 0 Å². The summed E-state index contributed by atoms with van der Waals surface area (Å²) in [6, 6.07) is -4.61. The Morgan fingerprint density at radius 1 is 0.867 bits per heavy atom. The molecule has 7 N–H and O–H groups in total. The van der Waals surface area contributed by atoms with Crippen LogP contribution in [0.3, 0.4) is 0 Å². The Morgan fingerprint density at radius 2 is 1.40 bits per heavy atom. The molecule has 30 heavy (non-hydrogen) atoms. The van der Waals surface area contributed by atoms with Crippen molar-refractivity contribution in [1.29, 1.82) is 0 Å². The summed E-state index contributed by atoms with van der Waals surface area (Å²) in [6.45, 7) is 0. The second kappa shape index (κ2) is 15.2. The molecule has 4 atom stereocenters. The third-order valence-corrected chi connectivity index (χ3v) is 5.26. The number of hydrogen-bond acceptors (Lipinski definition) is 9. The molecule has 0 heterocycles. The van der Waals surface area contributed by atoms with Gasteiger partial charge in [0.2, 0.25) is 17.7 Å². The first-order valence-electron chi connectivity index (χ1n) is 8.89. The predicted octanol–water partition coefficient (Wildman–Crippen LogP) is -1.67. The van der Waals surface area contributed by atoms with Gasteiger partial charge in [0.25, 0.3) is 0 Å². The van der Waals surface area contributed by atoms with E-state index in [0.717, 1.165) is 0 Å². The quantitative estimate of drug-likeness (QED) is 0.126. The first-order valence-corrected chi connectivity index (χ1v) is 11.5. The molecule has 172 valence electrons. The summed E-state index contributed by atoms with van der Waals surface area (Å²) in [5.41, 5.74) is 5.55. The van der Waals surface area contributed by atoms with Gasteiger partial charge >= 0.3 is 11.9 Å². The maximum Gasteiger partial charge on any atom is 0.326 e. The van der Waals surface area contributed by atoms with Crippen molar-refractivity contribution in [2.45, 2.75) is 43.4 Å². The first kappa shape index (κ1) is 28.4. The van der Waals surface area contributed by atoms with Gasteiger partial charge in [0.15, 0.2) is 0 Å². The number of carbonyl (C=O) groups is 5. The highest BCUT2D eigenvalue weighted by Crippen LogP contribution is 2.04. The topological polar surface area (TPSA) is 188 Å². The van der Waals surface area contributed by atoms with E-state index in [-0.39, 0.29) is 24.3 Å². The molecule has 0 aromatic rings. The van der Waals surface area contributed by atoms with Gasteiger partial charge in [-0.1, -0.05) is 0 Å². The minimum Gasteiger partial charge on any atom is -0.481 e. The van der Waals surface area contributed by atoms with Crippen LogP contribution in [0.2, 0.25) is 0 Å². The highest BCUT2D eigenvalue weighted by molar-refractivity contribution is 7.98. The fourth-order valence-corrected chi connectivity index (χ4v) is 3.02. The lowest BCUT2D eigenvalue weighted by Gasteiger charge is -2.24. The summed E-state index contributed by atoms with van der Waals surface area (Å²) in [5, 5.41) is 25.1. The number of carboxylic acids is 2. The van der Waals surface area contributed by atoms with Gasteiger partial charge in [-0.2, -0.15) is 37.0 Å². The summed E-state index contributed by atoms with van der Waals surface area (Å²) in [4.78, 5) is 59.1. The molecule has 0 aliphatic carbocycles. The molecular formula is C16H28N4O7S3. The summed E-state index contributed by atoms with van der Waals surface area (Å²) in [5.74, 6) is -4.32. The molecule has 0 fully saturated rings. The van der Waals surface area contributed by atoms with Gasteiger partial charge in [0.1, 0.15) is 18.1 Å². The Balaban J connectivity index is 5.19. The zero-order valence-electron chi connectivity index (χ0n) is 16.4. The number of carbonyl (C=O) groups excluding carboxylic acids is 3. The number of nitrogens with two attached hydrogens (primary N) is 1. The minimum atomic E-state index is -1.26. The van der Waals surface area contributed by atoms with E-state index in [9.17, 15) is 29.1 Å². The molecule has 0 saturated carbocycles. The number of carboxylic acid groups (broad SMARTS) is 2. The van der Waals surface area contributed by atoms with Gasteiger partial charge in [-0.15, -0.1) is 0 Å². The van der Waals surface area contributed by atoms with Crippen molar-refractivity contribution in [1.82, 2.24) is 16.0 Å². The predicted molar refractivity (Wildman–Crippen MR) is 119 cm³/mol. The summed E-state index contributed by atoms with van der Waals surface area (Å²) >= 11 is 9.31. The molecule has 0 aromatic heterocycles. The van der Waals surface area contributed by atoms with Gasteiger partial charge in [0.05, 0.1) is 6.04 Å². The molecule has 0 aliphatic rings.